The lowest BCUT2D eigenvalue weighted by atomic mass is 9.80. The van der Waals surface area contributed by atoms with Gasteiger partial charge in [-0.05, 0) is 43.9 Å². The van der Waals surface area contributed by atoms with E-state index in [2.05, 4.69) is 0 Å². The highest BCUT2D eigenvalue weighted by atomic mass is 19.1. The highest BCUT2D eigenvalue weighted by molar-refractivity contribution is 5.31. The van der Waals surface area contributed by atoms with E-state index in [1.807, 2.05) is 25.1 Å². The number of allylic oxidation sites excluding steroid dienone is 4. The highest BCUT2D eigenvalue weighted by Gasteiger charge is 2.45. The van der Waals surface area contributed by atoms with Crippen molar-refractivity contribution in [2.45, 2.75) is 51.8 Å². The van der Waals surface area contributed by atoms with Crippen LogP contribution in [0.1, 0.15) is 32.3 Å². The number of fused-ring (bicyclic) bond motifs is 1. The van der Waals surface area contributed by atoms with Gasteiger partial charge in [0.1, 0.15) is 17.7 Å². The average Bonchev–Trinajstić information content (AvgIpc) is 2.92. The third kappa shape index (κ3) is 3.94. The summed E-state index contributed by atoms with van der Waals surface area (Å²) in [5.74, 6) is 0.321. The first-order chi connectivity index (χ1) is 12.0. The van der Waals surface area contributed by atoms with Gasteiger partial charge in [0.25, 0.3) is 0 Å². The number of aliphatic hydroxyl groups excluding tert-OH is 2. The van der Waals surface area contributed by atoms with Gasteiger partial charge in [0.05, 0.1) is 5.92 Å². The van der Waals surface area contributed by atoms with Crippen LogP contribution in [0.5, 0.6) is 0 Å². The van der Waals surface area contributed by atoms with E-state index in [1.165, 1.54) is 6.07 Å². The maximum atomic E-state index is 13.9. The van der Waals surface area contributed by atoms with Crippen LogP contribution in [0.2, 0.25) is 0 Å². The van der Waals surface area contributed by atoms with Crippen LogP contribution in [-0.2, 0) is 15.9 Å². The van der Waals surface area contributed by atoms with E-state index in [1.54, 1.807) is 19.1 Å². The molecule has 0 spiro atoms. The molecule has 2 aliphatic rings. The van der Waals surface area contributed by atoms with Crippen LogP contribution in [0, 0.1) is 17.7 Å². The number of aliphatic hydroxyl groups is 2. The van der Waals surface area contributed by atoms with Crippen LogP contribution in [-0.4, -0.2) is 28.9 Å². The van der Waals surface area contributed by atoms with Crippen molar-refractivity contribution in [2.75, 3.05) is 0 Å². The molecule has 1 aromatic carbocycles. The van der Waals surface area contributed by atoms with Gasteiger partial charge < -0.3 is 19.7 Å². The molecule has 1 aliphatic carbocycles. The van der Waals surface area contributed by atoms with Crippen molar-refractivity contribution < 1.29 is 24.1 Å². The molecule has 0 amide bonds. The fourth-order valence-corrected chi connectivity index (χ4v) is 3.64. The fraction of sp³-hybridized carbons (Fsp3) is 0.500. The molecule has 1 aliphatic heterocycles. The minimum Gasteiger partial charge on any atom is -0.494 e. The van der Waals surface area contributed by atoms with E-state index in [-0.39, 0.29) is 23.8 Å². The quantitative estimate of drug-likeness (QED) is 0.775. The molecule has 1 heterocycles. The summed E-state index contributed by atoms with van der Waals surface area (Å²) < 4.78 is 25.1. The van der Waals surface area contributed by atoms with Gasteiger partial charge in [0, 0.05) is 5.92 Å². The lowest BCUT2D eigenvalue weighted by Crippen LogP contribution is -2.36. The SMILES string of the molecule is CCC(O)OC(O)C1C(C)OC2=CC=C(Cc3ccccc3F)CC21. The molecule has 1 fully saturated rings. The number of hydrogen-bond acceptors (Lipinski definition) is 4. The zero-order chi connectivity index (χ0) is 18.0. The molecule has 1 aromatic rings. The van der Waals surface area contributed by atoms with E-state index < -0.39 is 12.6 Å². The van der Waals surface area contributed by atoms with Gasteiger partial charge in [-0.25, -0.2) is 4.39 Å². The van der Waals surface area contributed by atoms with Crippen molar-refractivity contribution in [3.63, 3.8) is 0 Å². The Morgan fingerprint density at radius 3 is 2.76 bits per heavy atom. The molecule has 5 heteroatoms. The van der Waals surface area contributed by atoms with Gasteiger partial charge in [0.2, 0.25) is 0 Å². The Hall–Kier alpha value is -1.69. The topological polar surface area (TPSA) is 58.9 Å². The first kappa shape index (κ1) is 18.1. The highest BCUT2D eigenvalue weighted by Crippen LogP contribution is 2.44. The lowest BCUT2D eigenvalue weighted by molar-refractivity contribution is -0.235. The number of rotatable bonds is 6. The Labute approximate surface area is 147 Å². The first-order valence-corrected chi connectivity index (χ1v) is 8.80. The van der Waals surface area contributed by atoms with E-state index in [0.717, 1.165) is 11.3 Å². The molecule has 5 atom stereocenters. The second-order valence-electron chi connectivity index (χ2n) is 6.76. The van der Waals surface area contributed by atoms with Crippen LogP contribution < -0.4 is 0 Å². The molecule has 4 nitrogen and oxygen atoms in total. The number of hydrogen-bond donors (Lipinski definition) is 2. The average molecular weight is 348 g/mol. The molecule has 0 aromatic heterocycles. The Morgan fingerprint density at radius 1 is 1.28 bits per heavy atom. The summed E-state index contributed by atoms with van der Waals surface area (Å²) in [5, 5.41) is 20.1. The summed E-state index contributed by atoms with van der Waals surface area (Å²) in [5.41, 5.74) is 1.75. The summed E-state index contributed by atoms with van der Waals surface area (Å²) >= 11 is 0. The summed E-state index contributed by atoms with van der Waals surface area (Å²) in [7, 11) is 0. The number of halogens is 1. The van der Waals surface area contributed by atoms with Gasteiger partial charge in [-0.1, -0.05) is 36.8 Å². The predicted molar refractivity (Wildman–Crippen MR) is 91.8 cm³/mol. The maximum Gasteiger partial charge on any atom is 0.164 e. The Bertz CT molecular complexity index is 669. The monoisotopic (exact) mass is 348 g/mol. The molecule has 2 N–H and O–H groups in total. The van der Waals surface area contributed by atoms with Gasteiger partial charge in [-0.2, -0.15) is 0 Å². The third-order valence-corrected chi connectivity index (χ3v) is 5.01. The molecule has 25 heavy (non-hydrogen) atoms. The molecular weight excluding hydrogens is 323 g/mol. The molecule has 0 radical (unpaired) electrons. The lowest BCUT2D eigenvalue weighted by Gasteiger charge is -2.28. The van der Waals surface area contributed by atoms with Gasteiger partial charge >= 0.3 is 0 Å². The van der Waals surface area contributed by atoms with Crippen LogP contribution in [0.4, 0.5) is 4.39 Å². The van der Waals surface area contributed by atoms with Gasteiger partial charge in [0.15, 0.2) is 12.6 Å². The second-order valence-corrected chi connectivity index (χ2v) is 6.76. The van der Waals surface area contributed by atoms with E-state index >= 15 is 0 Å². The van der Waals surface area contributed by atoms with Crippen molar-refractivity contribution in [1.82, 2.24) is 0 Å². The molecule has 5 unspecified atom stereocenters. The Morgan fingerprint density at radius 2 is 2.04 bits per heavy atom. The molecule has 0 saturated carbocycles. The minimum absolute atomic E-state index is 0.0270. The predicted octanol–water partition coefficient (Wildman–Crippen LogP) is 3.30. The van der Waals surface area contributed by atoms with Crippen LogP contribution in [0.25, 0.3) is 0 Å². The molecule has 0 bridgehead atoms. The van der Waals surface area contributed by atoms with E-state index in [9.17, 15) is 14.6 Å². The third-order valence-electron chi connectivity index (χ3n) is 5.01. The van der Waals surface area contributed by atoms with Crippen molar-refractivity contribution in [1.29, 1.82) is 0 Å². The van der Waals surface area contributed by atoms with Crippen molar-refractivity contribution in [3.8, 4) is 0 Å². The van der Waals surface area contributed by atoms with Crippen molar-refractivity contribution in [3.05, 3.63) is 59.1 Å². The Balaban J connectivity index is 1.72. The molecule has 136 valence electrons. The van der Waals surface area contributed by atoms with Crippen LogP contribution >= 0.6 is 0 Å². The van der Waals surface area contributed by atoms with Crippen LogP contribution in [0.15, 0.2) is 47.7 Å². The maximum absolute atomic E-state index is 13.9. The summed E-state index contributed by atoms with van der Waals surface area (Å²) in [6, 6.07) is 6.77. The number of benzene rings is 1. The zero-order valence-corrected chi connectivity index (χ0v) is 14.6. The standard InChI is InChI=1S/C20H25FO4/c1-3-18(22)25-20(23)19-12(2)24-17-9-8-13(11-15(17)19)10-14-6-4-5-7-16(14)21/h4-9,12,15,18-20,22-23H,3,10-11H2,1-2H3. The molecular formula is C20H25FO4. The van der Waals surface area contributed by atoms with Gasteiger partial charge in [-0.3, -0.25) is 0 Å². The van der Waals surface area contributed by atoms with Crippen LogP contribution in [0.3, 0.4) is 0 Å². The normalized spacial score (nSPS) is 27.8. The molecule has 1 saturated heterocycles. The largest absolute Gasteiger partial charge is 0.494 e. The van der Waals surface area contributed by atoms with Crippen molar-refractivity contribution in [2.24, 2.45) is 11.8 Å². The second kappa shape index (κ2) is 7.68. The summed E-state index contributed by atoms with van der Waals surface area (Å²) in [4.78, 5) is 0. The first-order valence-electron chi connectivity index (χ1n) is 8.80. The van der Waals surface area contributed by atoms with E-state index in [4.69, 9.17) is 9.47 Å². The smallest absolute Gasteiger partial charge is 0.164 e. The fourth-order valence-electron chi connectivity index (χ4n) is 3.64. The zero-order valence-electron chi connectivity index (χ0n) is 14.6. The van der Waals surface area contributed by atoms with Gasteiger partial charge in [-0.15, -0.1) is 0 Å². The Kier molecular flexibility index (Phi) is 5.57. The summed E-state index contributed by atoms with van der Waals surface area (Å²) in [6.45, 7) is 3.68. The minimum atomic E-state index is -1.10. The van der Waals surface area contributed by atoms with Crippen molar-refractivity contribution >= 4 is 0 Å². The van der Waals surface area contributed by atoms with E-state index in [0.29, 0.717) is 24.8 Å². The number of ether oxygens (including phenoxy) is 2. The molecule has 3 rings (SSSR count). The summed E-state index contributed by atoms with van der Waals surface area (Å²) in [6.07, 6.45) is 3.19.